The van der Waals surface area contributed by atoms with Gasteiger partial charge in [-0.2, -0.15) is 0 Å². The van der Waals surface area contributed by atoms with Crippen LogP contribution in [0.25, 0.3) is 10.8 Å². The van der Waals surface area contributed by atoms with Crippen molar-refractivity contribution < 1.29 is 0 Å². The first-order valence-electron chi connectivity index (χ1n) is 6.60. The van der Waals surface area contributed by atoms with Gasteiger partial charge >= 0.3 is 0 Å². The van der Waals surface area contributed by atoms with Crippen molar-refractivity contribution in [3.05, 3.63) is 48.0 Å². The van der Waals surface area contributed by atoms with E-state index in [1.165, 1.54) is 29.2 Å². The summed E-state index contributed by atoms with van der Waals surface area (Å²) in [4.78, 5) is 0. The molecule has 1 aliphatic heterocycles. The second kappa shape index (κ2) is 4.50. The van der Waals surface area contributed by atoms with Gasteiger partial charge in [-0.05, 0) is 41.3 Å². The van der Waals surface area contributed by atoms with E-state index in [0.29, 0.717) is 6.04 Å². The molecule has 1 saturated heterocycles. The van der Waals surface area contributed by atoms with Gasteiger partial charge in [-0.1, -0.05) is 49.7 Å². The summed E-state index contributed by atoms with van der Waals surface area (Å²) in [6.07, 6.45) is 2.58. The van der Waals surface area contributed by atoms with E-state index in [1.54, 1.807) is 0 Å². The quantitative estimate of drug-likeness (QED) is 0.817. The first-order chi connectivity index (χ1) is 8.38. The molecule has 0 amide bonds. The van der Waals surface area contributed by atoms with Crippen LogP contribution >= 0.6 is 0 Å². The summed E-state index contributed by atoms with van der Waals surface area (Å²) in [5.74, 6) is 0.802. The minimum Gasteiger partial charge on any atom is -0.310 e. The van der Waals surface area contributed by atoms with E-state index in [4.69, 9.17) is 0 Å². The lowest BCUT2D eigenvalue weighted by Crippen LogP contribution is -2.17. The van der Waals surface area contributed by atoms with Crippen molar-refractivity contribution in [1.82, 2.24) is 5.32 Å². The van der Waals surface area contributed by atoms with Gasteiger partial charge in [-0.15, -0.1) is 0 Å². The average Bonchev–Trinajstić information content (AvgIpc) is 2.86. The molecule has 1 heteroatoms. The standard InChI is InChI=1S/C16H19N/c1-2-12-9-10-17-16(12)15-8-7-13-5-3-4-6-14(13)11-15/h3-8,11-12,16-17H,2,9-10H2,1H3/t12-,16+/m0/s1. The third-order valence-electron chi connectivity index (χ3n) is 4.01. The van der Waals surface area contributed by atoms with Gasteiger partial charge in [0.05, 0.1) is 0 Å². The highest BCUT2D eigenvalue weighted by molar-refractivity contribution is 5.83. The Labute approximate surface area is 103 Å². The Bertz CT molecular complexity index is 518. The van der Waals surface area contributed by atoms with Crippen LogP contribution < -0.4 is 5.32 Å². The molecular weight excluding hydrogens is 206 g/mol. The lowest BCUT2D eigenvalue weighted by molar-refractivity contribution is 0.450. The van der Waals surface area contributed by atoms with Crippen molar-refractivity contribution in [2.75, 3.05) is 6.54 Å². The predicted molar refractivity (Wildman–Crippen MR) is 73.1 cm³/mol. The van der Waals surface area contributed by atoms with Crippen LogP contribution in [0, 0.1) is 5.92 Å². The second-order valence-corrected chi connectivity index (χ2v) is 5.00. The Morgan fingerprint density at radius 2 is 1.94 bits per heavy atom. The molecule has 0 saturated carbocycles. The third kappa shape index (κ3) is 1.96. The Balaban J connectivity index is 2.00. The molecule has 0 aliphatic carbocycles. The van der Waals surface area contributed by atoms with E-state index in [0.717, 1.165) is 12.5 Å². The minimum atomic E-state index is 0.560. The zero-order chi connectivity index (χ0) is 11.7. The molecule has 0 spiro atoms. The lowest BCUT2D eigenvalue weighted by Gasteiger charge is -2.19. The molecule has 1 fully saturated rings. The summed E-state index contributed by atoms with van der Waals surface area (Å²) < 4.78 is 0. The predicted octanol–water partition coefficient (Wildman–Crippen LogP) is 3.90. The van der Waals surface area contributed by atoms with E-state index >= 15 is 0 Å². The summed E-state index contributed by atoms with van der Waals surface area (Å²) >= 11 is 0. The van der Waals surface area contributed by atoms with E-state index < -0.39 is 0 Å². The Hall–Kier alpha value is -1.34. The number of fused-ring (bicyclic) bond motifs is 1. The average molecular weight is 225 g/mol. The van der Waals surface area contributed by atoms with Crippen molar-refractivity contribution in [3.8, 4) is 0 Å². The Morgan fingerprint density at radius 1 is 1.12 bits per heavy atom. The molecule has 0 bridgehead atoms. The van der Waals surface area contributed by atoms with Gasteiger partial charge in [0, 0.05) is 6.04 Å². The number of nitrogens with one attached hydrogen (secondary N) is 1. The Morgan fingerprint density at radius 3 is 2.76 bits per heavy atom. The molecule has 0 aromatic heterocycles. The molecule has 0 radical (unpaired) electrons. The van der Waals surface area contributed by atoms with Gasteiger partial charge < -0.3 is 5.32 Å². The molecule has 2 aromatic carbocycles. The van der Waals surface area contributed by atoms with Crippen molar-refractivity contribution in [2.45, 2.75) is 25.8 Å². The molecule has 1 nitrogen and oxygen atoms in total. The minimum absolute atomic E-state index is 0.560. The van der Waals surface area contributed by atoms with Gasteiger partial charge in [0.15, 0.2) is 0 Å². The zero-order valence-electron chi connectivity index (χ0n) is 10.3. The fourth-order valence-electron chi connectivity index (χ4n) is 2.99. The number of benzene rings is 2. The number of hydrogen-bond acceptors (Lipinski definition) is 1. The van der Waals surface area contributed by atoms with Crippen LogP contribution in [0.15, 0.2) is 42.5 Å². The summed E-state index contributed by atoms with van der Waals surface area (Å²) in [6.45, 7) is 3.46. The zero-order valence-corrected chi connectivity index (χ0v) is 10.3. The molecule has 2 aromatic rings. The summed E-state index contributed by atoms with van der Waals surface area (Å²) in [5.41, 5.74) is 1.45. The molecule has 0 unspecified atom stereocenters. The fourth-order valence-corrected chi connectivity index (χ4v) is 2.99. The van der Waals surface area contributed by atoms with Crippen molar-refractivity contribution >= 4 is 10.8 Å². The number of rotatable bonds is 2. The van der Waals surface area contributed by atoms with Gasteiger partial charge in [0.1, 0.15) is 0 Å². The first-order valence-corrected chi connectivity index (χ1v) is 6.60. The lowest BCUT2D eigenvalue weighted by atomic mass is 9.91. The maximum atomic E-state index is 3.64. The summed E-state index contributed by atoms with van der Waals surface area (Å²) in [5, 5.41) is 6.33. The molecule has 3 rings (SSSR count). The maximum Gasteiger partial charge on any atom is 0.0349 e. The van der Waals surface area contributed by atoms with Gasteiger partial charge in [-0.25, -0.2) is 0 Å². The normalized spacial score (nSPS) is 24.3. The first kappa shape index (κ1) is 10.8. The van der Waals surface area contributed by atoms with Crippen molar-refractivity contribution in [2.24, 2.45) is 5.92 Å². The van der Waals surface area contributed by atoms with E-state index in [9.17, 15) is 0 Å². The SMILES string of the molecule is CC[C@H]1CCN[C@H]1c1ccc2ccccc2c1. The smallest absolute Gasteiger partial charge is 0.0349 e. The highest BCUT2D eigenvalue weighted by Crippen LogP contribution is 2.33. The van der Waals surface area contributed by atoms with E-state index in [-0.39, 0.29) is 0 Å². The van der Waals surface area contributed by atoms with Crippen LogP contribution in [-0.2, 0) is 0 Å². The van der Waals surface area contributed by atoms with Crippen LogP contribution in [0.5, 0.6) is 0 Å². The van der Waals surface area contributed by atoms with E-state index in [1.807, 2.05) is 0 Å². The van der Waals surface area contributed by atoms with Gasteiger partial charge in [0.25, 0.3) is 0 Å². The molecule has 88 valence electrons. The third-order valence-corrected chi connectivity index (χ3v) is 4.01. The maximum absolute atomic E-state index is 3.64. The molecular formula is C16H19N. The van der Waals surface area contributed by atoms with Crippen LogP contribution in [0.4, 0.5) is 0 Å². The van der Waals surface area contributed by atoms with Crippen LogP contribution in [0.1, 0.15) is 31.4 Å². The summed E-state index contributed by atoms with van der Waals surface area (Å²) in [7, 11) is 0. The summed E-state index contributed by atoms with van der Waals surface area (Å²) in [6, 6.07) is 16.0. The van der Waals surface area contributed by atoms with Gasteiger partial charge in [-0.3, -0.25) is 0 Å². The molecule has 2 atom stereocenters. The Kier molecular flexibility index (Phi) is 2.86. The van der Waals surface area contributed by atoms with Crippen molar-refractivity contribution in [3.63, 3.8) is 0 Å². The van der Waals surface area contributed by atoms with Crippen LogP contribution in [0.2, 0.25) is 0 Å². The molecule has 17 heavy (non-hydrogen) atoms. The largest absolute Gasteiger partial charge is 0.310 e. The molecule has 1 heterocycles. The molecule has 1 N–H and O–H groups in total. The monoisotopic (exact) mass is 225 g/mol. The van der Waals surface area contributed by atoms with Crippen LogP contribution in [-0.4, -0.2) is 6.54 Å². The highest BCUT2D eigenvalue weighted by atomic mass is 14.9. The highest BCUT2D eigenvalue weighted by Gasteiger charge is 2.26. The topological polar surface area (TPSA) is 12.0 Å². The second-order valence-electron chi connectivity index (χ2n) is 5.00. The number of hydrogen-bond donors (Lipinski definition) is 1. The van der Waals surface area contributed by atoms with Crippen molar-refractivity contribution in [1.29, 1.82) is 0 Å². The van der Waals surface area contributed by atoms with Crippen LogP contribution in [0.3, 0.4) is 0 Å². The fraction of sp³-hybridized carbons (Fsp3) is 0.375. The van der Waals surface area contributed by atoms with Gasteiger partial charge in [0.2, 0.25) is 0 Å². The van der Waals surface area contributed by atoms with E-state index in [2.05, 4.69) is 54.7 Å². The molecule has 1 aliphatic rings.